The van der Waals surface area contributed by atoms with Gasteiger partial charge in [-0.05, 0) is 42.8 Å². The number of hydrogen-bond donors (Lipinski definition) is 1. The molecule has 0 amide bonds. The summed E-state index contributed by atoms with van der Waals surface area (Å²) in [7, 11) is 0. The minimum atomic E-state index is -1.31. The molecule has 36 heavy (non-hydrogen) atoms. The van der Waals surface area contributed by atoms with Crippen molar-refractivity contribution in [1.29, 1.82) is 0 Å². The number of carbonyl (C=O) groups is 1. The summed E-state index contributed by atoms with van der Waals surface area (Å²) in [6.45, 7) is 5.98. The number of piperazine rings is 1. The molecule has 8 nitrogen and oxygen atoms in total. The second-order valence-electron chi connectivity index (χ2n) is 8.66. The van der Waals surface area contributed by atoms with E-state index >= 15 is 4.39 Å². The van der Waals surface area contributed by atoms with E-state index in [2.05, 4.69) is 22.1 Å². The lowest BCUT2D eigenvalue weighted by Gasteiger charge is -2.36. The zero-order chi connectivity index (χ0) is 24.5. The molecular formula is C26H27ClFN5O3. The number of nitrogens with zero attached hydrogens (tertiary/aromatic N) is 5. The molecule has 1 fully saturated rings. The monoisotopic (exact) mass is 511 g/mol. The predicted octanol–water partition coefficient (Wildman–Crippen LogP) is 3.79. The Kier molecular flexibility index (Phi) is 7.42. The molecule has 5 rings (SSSR count). The van der Waals surface area contributed by atoms with Gasteiger partial charge in [0.1, 0.15) is 11.4 Å². The number of carboxylic acids is 1. The number of pyridine rings is 1. The van der Waals surface area contributed by atoms with Gasteiger partial charge in [0.05, 0.1) is 16.9 Å². The molecule has 0 radical (unpaired) electrons. The van der Waals surface area contributed by atoms with E-state index in [1.54, 1.807) is 16.8 Å². The van der Waals surface area contributed by atoms with E-state index in [-0.39, 0.29) is 23.4 Å². The molecule has 0 aliphatic carbocycles. The number of aromatic carboxylic acids is 1. The maximum absolute atomic E-state index is 15.1. The van der Waals surface area contributed by atoms with Crippen LogP contribution in [0.15, 0.2) is 65.8 Å². The molecule has 4 aromatic rings. The molecule has 10 heteroatoms. The van der Waals surface area contributed by atoms with Crippen LogP contribution in [-0.2, 0) is 13.1 Å². The lowest BCUT2D eigenvalue weighted by Crippen LogP contribution is -2.46. The van der Waals surface area contributed by atoms with Crippen molar-refractivity contribution < 1.29 is 14.3 Å². The second-order valence-corrected chi connectivity index (χ2v) is 8.66. The van der Waals surface area contributed by atoms with Crippen LogP contribution in [0.2, 0.25) is 0 Å². The Morgan fingerprint density at radius 3 is 2.44 bits per heavy atom. The molecule has 1 saturated heterocycles. The van der Waals surface area contributed by atoms with Crippen molar-refractivity contribution in [2.75, 3.05) is 31.1 Å². The van der Waals surface area contributed by atoms with Gasteiger partial charge in [-0.25, -0.2) is 13.9 Å². The van der Waals surface area contributed by atoms with Crippen LogP contribution in [0, 0.1) is 5.82 Å². The fourth-order valence-electron chi connectivity index (χ4n) is 4.64. The highest BCUT2D eigenvalue weighted by Gasteiger charge is 2.22. The topological polar surface area (TPSA) is 83.6 Å². The van der Waals surface area contributed by atoms with Crippen molar-refractivity contribution >= 4 is 35.0 Å². The van der Waals surface area contributed by atoms with Gasteiger partial charge in [0.15, 0.2) is 0 Å². The average Bonchev–Trinajstić information content (AvgIpc) is 3.40. The number of anilines is 1. The molecule has 1 N–H and O–H groups in total. The van der Waals surface area contributed by atoms with Crippen molar-refractivity contribution in [3.8, 4) is 5.69 Å². The molecule has 0 unspecified atom stereocenters. The highest BCUT2D eigenvalue weighted by atomic mass is 35.5. The third kappa shape index (κ3) is 4.84. The first-order valence-electron chi connectivity index (χ1n) is 11.6. The van der Waals surface area contributed by atoms with Gasteiger partial charge in [0.2, 0.25) is 5.43 Å². The van der Waals surface area contributed by atoms with Gasteiger partial charge < -0.3 is 14.6 Å². The molecule has 0 saturated carbocycles. The van der Waals surface area contributed by atoms with Crippen LogP contribution in [0.25, 0.3) is 16.6 Å². The fourth-order valence-corrected chi connectivity index (χ4v) is 4.64. The Morgan fingerprint density at radius 2 is 1.83 bits per heavy atom. The highest BCUT2D eigenvalue weighted by Crippen LogP contribution is 2.26. The number of rotatable bonds is 6. The normalized spacial score (nSPS) is 14.1. The molecule has 0 atom stereocenters. The van der Waals surface area contributed by atoms with Crippen molar-refractivity contribution in [2.24, 2.45) is 0 Å². The minimum absolute atomic E-state index is 0. The Hall–Kier alpha value is -3.69. The molecular weight excluding hydrogens is 485 g/mol. The molecule has 1 aliphatic rings. The zero-order valence-electron chi connectivity index (χ0n) is 19.8. The number of aromatic nitrogens is 3. The number of fused-ring (bicyclic) bond motifs is 1. The van der Waals surface area contributed by atoms with Crippen LogP contribution in [0.5, 0.6) is 0 Å². The number of benzene rings is 2. The summed E-state index contributed by atoms with van der Waals surface area (Å²) in [6, 6.07) is 13.0. The first kappa shape index (κ1) is 25.4. The minimum Gasteiger partial charge on any atom is -0.477 e. The second kappa shape index (κ2) is 10.5. The molecule has 3 heterocycles. The van der Waals surface area contributed by atoms with E-state index in [9.17, 15) is 14.7 Å². The lowest BCUT2D eigenvalue weighted by molar-refractivity contribution is 0.0695. The summed E-state index contributed by atoms with van der Waals surface area (Å²) in [4.78, 5) is 28.4. The fraction of sp³-hybridized carbons (Fsp3) is 0.269. The first-order valence-corrected chi connectivity index (χ1v) is 11.6. The van der Waals surface area contributed by atoms with Crippen LogP contribution in [-0.4, -0.2) is 56.5 Å². The summed E-state index contributed by atoms with van der Waals surface area (Å²) in [5.74, 6) is -1.82. The van der Waals surface area contributed by atoms with Crippen molar-refractivity contribution in [3.63, 3.8) is 0 Å². The van der Waals surface area contributed by atoms with E-state index in [0.29, 0.717) is 30.8 Å². The van der Waals surface area contributed by atoms with Crippen LogP contribution in [0.1, 0.15) is 22.8 Å². The molecule has 0 bridgehead atoms. The average molecular weight is 512 g/mol. The maximum Gasteiger partial charge on any atom is 0.341 e. The largest absolute Gasteiger partial charge is 0.477 e. The summed E-state index contributed by atoms with van der Waals surface area (Å²) in [5, 5.41) is 13.7. The van der Waals surface area contributed by atoms with Gasteiger partial charge >= 0.3 is 5.97 Å². The van der Waals surface area contributed by atoms with Crippen LogP contribution >= 0.6 is 12.4 Å². The van der Waals surface area contributed by atoms with E-state index in [4.69, 9.17) is 0 Å². The van der Waals surface area contributed by atoms with Gasteiger partial charge in [0.25, 0.3) is 0 Å². The third-order valence-electron chi connectivity index (χ3n) is 6.54. The van der Waals surface area contributed by atoms with Gasteiger partial charge in [-0.2, -0.15) is 5.10 Å². The summed E-state index contributed by atoms with van der Waals surface area (Å²) in [6.07, 6.45) is 5.00. The molecule has 0 spiro atoms. The smallest absolute Gasteiger partial charge is 0.341 e. The predicted molar refractivity (Wildman–Crippen MR) is 139 cm³/mol. The van der Waals surface area contributed by atoms with Gasteiger partial charge in [0, 0.05) is 63.2 Å². The van der Waals surface area contributed by atoms with Gasteiger partial charge in [-0.1, -0.05) is 12.1 Å². The van der Waals surface area contributed by atoms with E-state index in [1.165, 1.54) is 17.8 Å². The lowest BCUT2D eigenvalue weighted by atomic mass is 10.1. The summed E-state index contributed by atoms with van der Waals surface area (Å²) < 4.78 is 18.6. The van der Waals surface area contributed by atoms with Crippen LogP contribution in [0.4, 0.5) is 10.1 Å². The number of carboxylic acid groups (broad SMARTS) is 1. The SMILES string of the molecule is CCn1cc(C(=O)O)c(=O)c2cc(F)c(N3CCN(Cc4ccc(-n5cccn5)cc4)CC3)cc21.Cl. The van der Waals surface area contributed by atoms with Crippen molar-refractivity contribution in [3.05, 3.63) is 88.2 Å². The van der Waals surface area contributed by atoms with Crippen LogP contribution in [0.3, 0.4) is 0 Å². The zero-order valence-corrected chi connectivity index (χ0v) is 20.6. The first-order chi connectivity index (χ1) is 16.9. The third-order valence-corrected chi connectivity index (χ3v) is 6.54. The summed E-state index contributed by atoms with van der Waals surface area (Å²) in [5.41, 5.74) is 2.18. The van der Waals surface area contributed by atoms with Crippen molar-refractivity contribution in [2.45, 2.75) is 20.0 Å². The molecule has 2 aromatic heterocycles. The van der Waals surface area contributed by atoms with Gasteiger partial charge in [-0.15, -0.1) is 12.4 Å². The maximum atomic E-state index is 15.1. The van der Waals surface area contributed by atoms with Gasteiger partial charge in [-0.3, -0.25) is 9.69 Å². The number of hydrogen-bond acceptors (Lipinski definition) is 5. The van der Waals surface area contributed by atoms with E-state index < -0.39 is 17.2 Å². The van der Waals surface area contributed by atoms with E-state index in [1.807, 2.05) is 40.9 Å². The Bertz CT molecular complexity index is 1430. The quantitative estimate of drug-likeness (QED) is 0.424. The van der Waals surface area contributed by atoms with E-state index in [0.717, 1.165) is 25.3 Å². The number of halogens is 2. The summed E-state index contributed by atoms with van der Waals surface area (Å²) >= 11 is 0. The molecule has 1 aliphatic heterocycles. The highest BCUT2D eigenvalue weighted by molar-refractivity contribution is 5.93. The molecule has 188 valence electrons. The Morgan fingerprint density at radius 1 is 1.11 bits per heavy atom. The Labute approximate surface area is 213 Å². The number of aryl methyl sites for hydroxylation is 1. The van der Waals surface area contributed by atoms with Crippen molar-refractivity contribution in [1.82, 2.24) is 19.2 Å². The Balaban J connectivity index is 0.00000304. The molecule has 2 aromatic carbocycles. The van der Waals surface area contributed by atoms with Crippen LogP contribution < -0.4 is 10.3 Å². The standard InChI is InChI=1S/C26H26FN5O3.ClH/c1-2-30-17-21(26(34)35)25(33)20-14-22(27)24(15-23(20)30)31-12-10-29(11-13-31)16-18-4-6-19(7-5-18)32-9-3-8-28-32;/h3-9,14-15,17H,2,10-13,16H2,1H3,(H,34,35);1H.